The summed E-state index contributed by atoms with van der Waals surface area (Å²) in [6.07, 6.45) is -19.9. The van der Waals surface area contributed by atoms with Gasteiger partial charge in [-0.1, -0.05) is 19.8 Å². The predicted octanol–water partition coefficient (Wildman–Crippen LogP) is 7.57. The van der Waals surface area contributed by atoms with E-state index in [9.17, 15) is 75.0 Å². The molecule has 0 fully saturated rings. The lowest BCUT2D eigenvalue weighted by Gasteiger charge is -2.34. The van der Waals surface area contributed by atoms with Gasteiger partial charge >= 0.3 is 41.7 Å². The van der Waals surface area contributed by atoms with Crippen molar-refractivity contribution in [3.63, 3.8) is 0 Å². The van der Waals surface area contributed by atoms with Crippen LogP contribution in [0.3, 0.4) is 0 Å². The maximum absolute atomic E-state index is 13.7. The molecule has 1 amide bonds. The van der Waals surface area contributed by atoms with Gasteiger partial charge in [0.1, 0.15) is 0 Å². The molecule has 1 unspecified atom stereocenters. The summed E-state index contributed by atoms with van der Waals surface area (Å²) >= 11 is 0. The van der Waals surface area contributed by atoms with Gasteiger partial charge in [0.05, 0.1) is 0 Å². The molecule has 0 aromatic rings. The van der Waals surface area contributed by atoms with Gasteiger partial charge in [-0.15, -0.1) is 0 Å². The van der Waals surface area contributed by atoms with E-state index in [0.717, 1.165) is 0 Å². The molecule has 216 valence electrons. The number of carbonyl (C=O) groups excluding carboxylic acids is 1. The number of halogens is 16. The summed E-state index contributed by atoms with van der Waals surface area (Å²) in [5, 5.41) is 1.42. The topological polar surface area (TPSA) is 29.1 Å². The van der Waals surface area contributed by atoms with Gasteiger partial charge in [-0.3, -0.25) is 4.79 Å². The zero-order valence-electron chi connectivity index (χ0n) is 18.2. The largest absolute Gasteiger partial charge is 0.460 e. The van der Waals surface area contributed by atoms with Crippen LogP contribution in [0, 0.1) is 0 Å². The van der Waals surface area contributed by atoms with Crippen molar-refractivity contribution < 1.29 is 75.0 Å². The van der Waals surface area contributed by atoms with Gasteiger partial charge in [0.15, 0.2) is 6.17 Å². The summed E-state index contributed by atoms with van der Waals surface area (Å²) in [6, 6.07) is 0. The highest BCUT2D eigenvalue weighted by Gasteiger charge is 2.81. The summed E-state index contributed by atoms with van der Waals surface area (Å²) in [7, 11) is 0. The molecule has 0 aliphatic rings. The molecule has 0 aromatic carbocycles. The minimum absolute atomic E-state index is 0.0764. The molecule has 0 rings (SSSR count). The fourth-order valence-corrected chi connectivity index (χ4v) is 2.62. The fourth-order valence-electron chi connectivity index (χ4n) is 2.62. The van der Waals surface area contributed by atoms with Crippen molar-refractivity contribution in [1.29, 1.82) is 0 Å². The molecule has 0 saturated carbocycles. The molecule has 0 saturated heterocycles. The van der Waals surface area contributed by atoms with Gasteiger partial charge in [0.25, 0.3) is 0 Å². The van der Waals surface area contributed by atoms with E-state index in [4.69, 9.17) is 0 Å². The van der Waals surface area contributed by atoms with Gasteiger partial charge in [-0.25, -0.2) is 4.39 Å². The molecule has 0 bridgehead atoms. The number of carbonyl (C=O) groups is 1. The second kappa shape index (κ2) is 11.4. The Hall–Kier alpha value is -1.65. The standard InChI is InChI=1S/C18H21F16NO/c1-2-3-5-10(19)14(24,25)15(26,27)13(22,23)8-6-11(36)35-9-4-7-12(20,21)16(28,29)17(30,31)18(32,33)34/h10H,2-9H2,1H3,(H,35,36). The summed E-state index contributed by atoms with van der Waals surface area (Å²) in [4.78, 5) is 11.4. The van der Waals surface area contributed by atoms with E-state index in [-0.39, 0.29) is 12.8 Å². The average molecular weight is 571 g/mol. The van der Waals surface area contributed by atoms with Crippen LogP contribution < -0.4 is 5.32 Å². The van der Waals surface area contributed by atoms with Gasteiger partial charge in [-0.05, 0) is 12.8 Å². The lowest BCUT2D eigenvalue weighted by Crippen LogP contribution is -2.60. The van der Waals surface area contributed by atoms with Crippen molar-refractivity contribution >= 4 is 5.91 Å². The molecular weight excluding hydrogens is 550 g/mol. The van der Waals surface area contributed by atoms with Crippen molar-refractivity contribution in [1.82, 2.24) is 5.32 Å². The maximum atomic E-state index is 13.7. The summed E-state index contributed by atoms with van der Waals surface area (Å²) in [6.45, 7) is 0.171. The summed E-state index contributed by atoms with van der Waals surface area (Å²) in [5.41, 5.74) is 0. The molecular formula is C18H21F16NO. The molecule has 0 heterocycles. The Morgan fingerprint density at radius 3 is 1.61 bits per heavy atom. The molecule has 0 radical (unpaired) electrons. The lowest BCUT2D eigenvalue weighted by molar-refractivity contribution is -0.396. The molecule has 36 heavy (non-hydrogen) atoms. The Labute approximate surface area is 193 Å². The second-order valence-electron chi connectivity index (χ2n) is 7.82. The molecule has 1 N–H and O–H groups in total. The first-order valence-corrected chi connectivity index (χ1v) is 10.1. The van der Waals surface area contributed by atoms with Gasteiger partial charge in [0, 0.05) is 25.8 Å². The average Bonchev–Trinajstić information content (AvgIpc) is 2.72. The molecule has 2 nitrogen and oxygen atoms in total. The number of hydrogen-bond acceptors (Lipinski definition) is 1. The van der Waals surface area contributed by atoms with Crippen molar-refractivity contribution in [2.24, 2.45) is 0 Å². The normalized spacial score (nSPS) is 15.7. The number of rotatable bonds is 15. The monoisotopic (exact) mass is 571 g/mol. The highest BCUT2D eigenvalue weighted by molar-refractivity contribution is 5.75. The van der Waals surface area contributed by atoms with Crippen LogP contribution in [0.4, 0.5) is 70.2 Å². The van der Waals surface area contributed by atoms with E-state index in [1.807, 2.05) is 0 Å². The number of unbranched alkanes of at least 4 members (excludes halogenated alkanes) is 1. The van der Waals surface area contributed by atoms with Crippen LogP contribution in [0.1, 0.15) is 51.9 Å². The predicted molar refractivity (Wildman–Crippen MR) is 91.6 cm³/mol. The van der Waals surface area contributed by atoms with Gasteiger partial charge < -0.3 is 5.32 Å². The van der Waals surface area contributed by atoms with E-state index < -0.39 is 92.4 Å². The highest BCUT2D eigenvalue weighted by atomic mass is 19.4. The van der Waals surface area contributed by atoms with Crippen LogP contribution >= 0.6 is 0 Å². The molecule has 0 spiro atoms. The van der Waals surface area contributed by atoms with Crippen molar-refractivity contribution in [3.8, 4) is 0 Å². The fraction of sp³-hybridized carbons (Fsp3) is 0.944. The minimum atomic E-state index is -7.14. The Morgan fingerprint density at radius 1 is 0.694 bits per heavy atom. The smallest absolute Gasteiger partial charge is 0.356 e. The third-order valence-electron chi connectivity index (χ3n) is 4.95. The minimum Gasteiger partial charge on any atom is -0.356 e. The Bertz CT molecular complexity index is 718. The zero-order chi connectivity index (χ0) is 29.0. The van der Waals surface area contributed by atoms with E-state index in [2.05, 4.69) is 0 Å². The zero-order valence-corrected chi connectivity index (χ0v) is 18.2. The van der Waals surface area contributed by atoms with Crippen LogP contribution in [0.5, 0.6) is 0 Å². The van der Waals surface area contributed by atoms with E-state index in [0.29, 0.717) is 0 Å². The Morgan fingerprint density at radius 2 is 1.17 bits per heavy atom. The van der Waals surface area contributed by atoms with E-state index in [1.165, 1.54) is 12.2 Å². The second-order valence-corrected chi connectivity index (χ2v) is 7.82. The molecule has 0 aliphatic carbocycles. The number of amides is 1. The van der Waals surface area contributed by atoms with Crippen LogP contribution in [-0.4, -0.2) is 60.3 Å². The van der Waals surface area contributed by atoms with Crippen LogP contribution in [-0.2, 0) is 4.79 Å². The third kappa shape index (κ3) is 7.01. The first-order chi connectivity index (χ1) is 15.8. The highest BCUT2D eigenvalue weighted by Crippen LogP contribution is 2.54. The van der Waals surface area contributed by atoms with E-state index >= 15 is 0 Å². The van der Waals surface area contributed by atoms with Gasteiger partial charge in [0.2, 0.25) is 5.91 Å². The number of alkyl halides is 16. The van der Waals surface area contributed by atoms with Gasteiger partial charge in [-0.2, -0.15) is 65.9 Å². The number of hydrogen-bond donors (Lipinski definition) is 1. The first kappa shape index (κ1) is 34.4. The van der Waals surface area contributed by atoms with Crippen LogP contribution in [0.2, 0.25) is 0 Å². The molecule has 18 heteroatoms. The Kier molecular flexibility index (Phi) is 10.9. The van der Waals surface area contributed by atoms with Crippen molar-refractivity contribution in [3.05, 3.63) is 0 Å². The third-order valence-corrected chi connectivity index (χ3v) is 4.95. The quantitative estimate of drug-likeness (QED) is 0.160. The SMILES string of the molecule is CCCCC(F)C(F)(F)C(F)(F)C(F)(F)CCC(=O)NCCCC(F)(F)C(F)(F)C(F)(F)C(F)(F)F. The van der Waals surface area contributed by atoms with Crippen LogP contribution in [0.25, 0.3) is 0 Å². The number of nitrogens with one attached hydrogen (secondary N) is 1. The summed E-state index contributed by atoms with van der Waals surface area (Å²) in [5.74, 6) is -39.5. The Balaban J connectivity index is 4.98. The molecule has 0 aliphatic heterocycles. The van der Waals surface area contributed by atoms with Crippen LogP contribution in [0.15, 0.2) is 0 Å². The lowest BCUT2D eigenvalue weighted by atomic mass is 9.94. The maximum Gasteiger partial charge on any atom is 0.460 e. The summed E-state index contributed by atoms with van der Waals surface area (Å²) < 4.78 is 210. The molecule has 1 atom stereocenters. The van der Waals surface area contributed by atoms with Crippen molar-refractivity contribution in [2.75, 3.05) is 6.54 Å². The van der Waals surface area contributed by atoms with Crippen molar-refractivity contribution in [2.45, 2.75) is 99.8 Å². The van der Waals surface area contributed by atoms with E-state index in [1.54, 1.807) is 0 Å². The molecule has 0 aromatic heterocycles. The first-order valence-electron chi connectivity index (χ1n) is 10.1.